The fraction of sp³-hybridized carbons (Fsp3) is 0.655. The summed E-state index contributed by atoms with van der Waals surface area (Å²) in [6, 6.07) is 3.97. The van der Waals surface area contributed by atoms with Crippen molar-refractivity contribution in [2.45, 2.75) is 80.6 Å². The monoisotopic (exact) mass is 561 g/mol. The van der Waals surface area contributed by atoms with Crippen molar-refractivity contribution in [2.75, 3.05) is 40.7 Å². The lowest BCUT2D eigenvalue weighted by atomic mass is 9.77. The van der Waals surface area contributed by atoms with E-state index in [9.17, 15) is 24.9 Å². The second kappa shape index (κ2) is 10.8. The smallest absolute Gasteiger partial charge is 0.339 e. The third-order valence-corrected chi connectivity index (χ3v) is 8.89. The Kier molecular flexibility index (Phi) is 7.77. The average molecular weight is 562 g/mol. The molecule has 1 fully saturated rings. The molecule has 0 radical (unpaired) electrons. The molecular weight excluding hydrogens is 522 g/mol. The number of esters is 2. The van der Waals surface area contributed by atoms with Gasteiger partial charge >= 0.3 is 11.9 Å². The van der Waals surface area contributed by atoms with Gasteiger partial charge in [0.1, 0.15) is 5.76 Å². The van der Waals surface area contributed by atoms with E-state index >= 15 is 0 Å². The van der Waals surface area contributed by atoms with E-state index in [1.165, 1.54) is 21.1 Å². The van der Waals surface area contributed by atoms with Crippen LogP contribution in [-0.2, 0) is 30.2 Å². The Morgan fingerprint density at radius 1 is 1.15 bits per heavy atom. The Labute approximate surface area is 233 Å². The Bertz CT molecular complexity index is 1180. The summed E-state index contributed by atoms with van der Waals surface area (Å²) in [4.78, 5) is 28.4. The molecule has 0 aromatic heterocycles. The number of methoxy groups -OCH3 is 2. The van der Waals surface area contributed by atoms with Gasteiger partial charge in [-0.25, -0.2) is 4.79 Å². The molecular formula is C29H39NO10. The first-order chi connectivity index (χ1) is 19.1. The Morgan fingerprint density at radius 2 is 1.90 bits per heavy atom. The average Bonchev–Trinajstić information content (AvgIpc) is 3.62. The zero-order valence-electron chi connectivity index (χ0n) is 23.3. The third kappa shape index (κ3) is 5.04. The number of aliphatic hydroxyl groups excluding tert-OH is 1. The Hall–Kier alpha value is -2.86. The fourth-order valence-corrected chi connectivity index (χ4v) is 6.73. The zero-order valence-corrected chi connectivity index (χ0v) is 23.3. The lowest BCUT2D eigenvalue weighted by Crippen LogP contribution is -2.49. The highest BCUT2D eigenvalue weighted by Gasteiger charge is 2.59. The van der Waals surface area contributed by atoms with E-state index in [1.54, 1.807) is 0 Å². The molecule has 3 N–H and O–H groups in total. The molecule has 4 aliphatic rings. The molecule has 0 unspecified atom stereocenters. The van der Waals surface area contributed by atoms with Crippen molar-refractivity contribution < 1.29 is 48.6 Å². The molecule has 1 aromatic rings. The Morgan fingerprint density at radius 3 is 2.60 bits per heavy atom. The molecule has 1 saturated heterocycles. The summed E-state index contributed by atoms with van der Waals surface area (Å²) in [5.74, 6) is -0.268. The minimum absolute atomic E-state index is 0.105. The van der Waals surface area contributed by atoms with Crippen molar-refractivity contribution in [2.24, 2.45) is 0 Å². The molecule has 220 valence electrons. The normalized spacial score (nSPS) is 27.8. The summed E-state index contributed by atoms with van der Waals surface area (Å²) in [6.07, 6.45) is 3.27. The van der Waals surface area contributed by atoms with Crippen LogP contribution in [0.3, 0.4) is 0 Å². The first-order valence-corrected chi connectivity index (χ1v) is 13.8. The largest absolute Gasteiger partial charge is 0.497 e. The minimum Gasteiger partial charge on any atom is -0.497 e. The quantitative estimate of drug-likeness (QED) is 0.358. The molecule has 11 heteroatoms. The van der Waals surface area contributed by atoms with Gasteiger partial charge in [0.15, 0.2) is 23.2 Å². The van der Waals surface area contributed by atoms with E-state index in [2.05, 4.69) is 11.0 Å². The summed E-state index contributed by atoms with van der Waals surface area (Å²) >= 11 is 0. The van der Waals surface area contributed by atoms with Crippen molar-refractivity contribution in [3.63, 3.8) is 0 Å². The maximum Gasteiger partial charge on any atom is 0.339 e. The molecule has 3 heterocycles. The summed E-state index contributed by atoms with van der Waals surface area (Å²) in [7, 11) is 2.71. The number of aliphatic hydroxyl groups is 3. The van der Waals surface area contributed by atoms with Crippen molar-refractivity contribution >= 4 is 11.9 Å². The van der Waals surface area contributed by atoms with Gasteiger partial charge in [-0.15, -0.1) is 0 Å². The van der Waals surface area contributed by atoms with Crippen LogP contribution in [0.15, 0.2) is 24.0 Å². The van der Waals surface area contributed by atoms with Crippen LogP contribution >= 0.6 is 0 Å². The zero-order chi connectivity index (χ0) is 28.7. The van der Waals surface area contributed by atoms with Gasteiger partial charge in [0.05, 0.1) is 44.3 Å². The maximum absolute atomic E-state index is 13.8. The molecule has 40 heavy (non-hydrogen) atoms. The summed E-state index contributed by atoms with van der Waals surface area (Å²) in [6.45, 7) is 2.83. The van der Waals surface area contributed by atoms with Gasteiger partial charge in [-0.05, 0) is 81.3 Å². The van der Waals surface area contributed by atoms with E-state index < -0.39 is 47.8 Å². The minimum atomic E-state index is -2.20. The SMILES string of the molecule is COC(=O)C[C@](O)(CCC[C@@](C)(O)CO)C(=O)O[C@@H]1C(OC)=C[C@@]23CCCN2CCc2cc4c(cc2[C@H]13)OCO4. The number of hydrogen-bond acceptors (Lipinski definition) is 11. The van der Waals surface area contributed by atoms with Crippen LogP contribution in [0.2, 0.25) is 0 Å². The van der Waals surface area contributed by atoms with Gasteiger partial charge in [-0.2, -0.15) is 0 Å². The molecule has 0 bridgehead atoms. The predicted octanol–water partition coefficient (Wildman–Crippen LogP) is 1.55. The highest BCUT2D eigenvalue weighted by molar-refractivity contribution is 5.86. The van der Waals surface area contributed by atoms with E-state index in [-0.39, 0.29) is 32.0 Å². The first kappa shape index (κ1) is 28.7. The van der Waals surface area contributed by atoms with Crippen LogP contribution in [0.25, 0.3) is 0 Å². The van der Waals surface area contributed by atoms with E-state index in [0.717, 1.165) is 43.5 Å². The van der Waals surface area contributed by atoms with Crippen LogP contribution in [-0.4, -0.2) is 95.7 Å². The van der Waals surface area contributed by atoms with Crippen LogP contribution in [0.4, 0.5) is 0 Å². The highest BCUT2D eigenvalue weighted by Crippen LogP contribution is 2.55. The summed E-state index contributed by atoms with van der Waals surface area (Å²) < 4.78 is 28.0. The molecule has 0 saturated carbocycles. The standard InChI is InChI=1S/C29H39NO10/c1-27(34,16-31)7-4-9-29(35,15-23(32)37-3)26(33)40-25-22(36-2)14-28-8-5-10-30(28)11-6-18-12-20-21(39-17-38-20)13-19(18)24(25)28/h12-14,24-25,31,34-35H,4-11,15-17H2,1-3H3/t24-,25-,27-,28-,29-/m1/s1. The molecule has 3 aliphatic heterocycles. The molecule has 5 rings (SSSR count). The van der Waals surface area contributed by atoms with Gasteiger partial charge in [-0.1, -0.05) is 0 Å². The van der Waals surface area contributed by atoms with Crippen LogP contribution < -0.4 is 9.47 Å². The number of fused-ring (bicyclic) bond motifs is 3. The lowest BCUT2D eigenvalue weighted by molar-refractivity contribution is -0.178. The number of rotatable bonds is 10. The second-order valence-corrected chi connectivity index (χ2v) is 11.6. The first-order valence-electron chi connectivity index (χ1n) is 13.8. The summed E-state index contributed by atoms with van der Waals surface area (Å²) in [5.41, 5.74) is -1.99. The molecule has 1 spiro atoms. The number of carbonyl (C=O) groups is 2. The van der Waals surface area contributed by atoms with Gasteiger partial charge in [0.2, 0.25) is 6.79 Å². The Balaban J connectivity index is 1.49. The maximum atomic E-state index is 13.8. The van der Waals surface area contributed by atoms with E-state index in [1.807, 2.05) is 12.1 Å². The van der Waals surface area contributed by atoms with Crippen molar-refractivity contribution in [1.29, 1.82) is 0 Å². The molecule has 0 amide bonds. The van der Waals surface area contributed by atoms with Gasteiger partial charge in [0, 0.05) is 6.54 Å². The number of nitrogens with zero attached hydrogens (tertiary/aromatic N) is 1. The summed E-state index contributed by atoms with van der Waals surface area (Å²) in [5, 5.41) is 31.1. The molecule has 1 aliphatic carbocycles. The highest BCUT2D eigenvalue weighted by atomic mass is 16.7. The third-order valence-electron chi connectivity index (χ3n) is 8.89. The van der Waals surface area contributed by atoms with Gasteiger partial charge in [0.25, 0.3) is 0 Å². The predicted molar refractivity (Wildman–Crippen MR) is 141 cm³/mol. The van der Waals surface area contributed by atoms with Gasteiger partial charge in [-0.3, -0.25) is 9.69 Å². The van der Waals surface area contributed by atoms with Crippen molar-refractivity contribution in [1.82, 2.24) is 4.90 Å². The van der Waals surface area contributed by atoms with Crippen LogP contribution in [0.5, 0.6) is 11.5 Å². The van der Waals surface area contributed by atoms with Crippen LogP contribution in [0, 0.1) is 0 Å². The molecule has 5 atom stereocenters. The van der Waals surface area contributed by atoms with Gasteiger partial charge < -0.3 is 39.0 Å². The molecule has 1 aromatic carbocycles. The lowest BCUT2D eigenvalue weighted by Gasteiger charge is -2.39. The van der Waals surface area contributed by atoms with E-state index in [0.29, 0.717) is 17.3 Å². The number of hydrogen-bond donors (Lipinski definition) is 3. The molecule has 11 nitrogen and oxygen atoms in total. The van der Waals surface area contributed by atoms with E-state index in [4.69, 9.17) is 23.7 Å². The van der Waals surface area contributed by atoms with Crippen molar-refractivity contribution in [3.05, 3.63) is 35.1 Å². The number of carbonyl (C=O) groups excluding carboxylic acids is 2. The second-order valence-electron chi connectivity index (χ2n) is 11.6. The fourth-order valence-electron chi connectivity index (χ4n) is 6.73. The van der Waals surface area contributed by atoms with Crippen molar-refractivity contribution in [3.8, 4) is 11.5 Å². The number of benzene rings is 1. The van der Waals surface area contributed by atoms with Crippen LogP contribution in [0.1, 0.15) is 62.5 Å². The number of ether oxygens (including phenoxy) is 5. The topological polar surface area (TPSA) is 144 Å².